The molecule has 0 aromatic rings. The van der Waals surface area contributed by atoms with Crippen molar-refractivity contribution in [1.82, 2.24) is 0 Å². The Labute approximate surface area is 162 Å². The van der Waals surface area contributed by atoms with Crippen LogP contribution < -0.4 is 0 Å². The van der Waals surface area contributed by atoms with Crippen LogP contribution in [0, 0.1) is 33.5 Å². The largest absolute Gasteiger partial charge is 0.414 e. The third-order valence-corrected chi connectivity index (χ3v) is 13.5. The maximum Gasteiger partial charge on any atom is 0.192 e. The molecule has 3 nitrogen and oxygen atoms in total. The minimum absolute atomic E-state index is 0.0220. The Morgan fingerprint density at radius 3 is 2.31 bits per heavy atom. The number of fused-ring (bicyclic) bond motifs is 2. The third-order valence-electron chi connectivity index (χ3n) is 9.01. The molecule has 1 unspecified atom stereocenters. The molecule has 2 saturated carbocycles. The monoisotopic (exact) mass is 379 g/mol. The van der Waals surface area contributed by atoms with Crippen LogP contribution in [-0.2, 0) is 4.43 Å². The Bertz CT molecular complexity index is 574. The van der Waals surface area contributed by atoms with E-state index >= 15 is 0 Å². The van der Waals surface area contributed by atoms with Gasteiger partial charge in [-0.15, -0.1) is 0 Å². The SMILES string of the molecule is CC1(C)[C@H]2C[C@@](C)(CC(O)C#N)[C@]1(C)CCC[C@H]2O[Si](C)(C)C(C)(C)C. The molecule has 4 heteroatoms. The number of hydrogen-bond acceptors (Lipinski definition) is 3. The van der Waals surface area contributed by atoms with E-state index in [-0.39, 0.29) is 21.3 Å². The van der Waals surface area contributed by atoms with Crippen molar-refractivity contribution in [3.05, 3.63) is 0 Å². The first-order valence-corrected chi connectivity index (χ1v) is 13.3. The van der Waals surface area contributed by atoms with Crippen LogP contribution in [0.5, 0.6) is 0 Å². The van der Waals surface area contributed by atoms with Crippen molar-refractivity contribution in [3.8, 4) is 6.07 Å². The molecule has 2 bridgehead atoms. The zero-order valence-electron chi connectivity index (χ0n) is 18.6. The summed E-state index contributed by atoms with van der Waals surface area (Å²) in [6.07, 6.45) is 4.53. The van der Waals surface area contributed by atoms with Crippen LogP contribution in [0.4, 0.5) is 0 Å². The zero-order valence-corrected chi connectivity index (χ0v) is 19.6. The maximum atomic E-state index is 10.1. The molecule has 0 heterocycles. The molecule has 2 aliphatic carbocycles. The highest BCUT2D eigenvalue weighted by atomic mass is 28.4. The van der Waals surface area contributed by atoms with Crippen molar-refractivity contribution in [1.29, 1.82) is 5.26 Å². The molecule has 0 aromatic carbocycles. The highest BCUT2D eigenvalue weighted by Gasteiger charge is 2.65. The molecule has 0 saturated heterocycles. The van der Waals surface area contributed by atoms with Gasteiger partial charge >= 0.3 is 0 Å². The molecule has 26 heavy (non-hydrogen) atoms. The van der Waals surface area contributed by atoms with E-state index < -0.39 is 14.4 Å². The summed E-state index contributed by atoms with van der Waals surface area (Å²) >= 11 is 0. The van der Waals surface area contributed by atoms with Crippen molar-refractivity contribution in [2.24, 2.45) is 22.2 Å². The first-order valence-electron chi connectivity index (χ1n) is 10.4. The second-order valence-electron chi connectivity index (χ2n) is 11.6. The number of nitriles is 1. The summed E-state index contributed by atoms with van der Waals surface area (Å²) in [6, 6.07) is 2.06. The maximum absolute atomic E-state index is 10.1. The van der Waals surface area contributed by atoms with Gasteiger partial charge in [-0.3, -0.25) is 0 Å². The molecule has 2 rings (SSSR count). The van der Waals surface area contributed by atoms with Crippen molar-refractivity contribution >= 4 is 8.32 Å². The van der Waals surface area contributed by atoms with E-state index in [9.17, 15) is 10.4 Å². The van der Waals surface area contributed by atoms with Gasteiger partial charge in [-0.05, 0) is 66.0 Å². The fourth-order valence-electron chi connectivity index (χ4n) is 5.71. The van der Waals surface area contributed by atoms with E-state index in [1.54, 1.807) is 0 Å². The number of rotatable bonds is 4. The molecule has 2 aliphatic rings. The van der Waals surface area contributed by atoms with Crippen LogP contribution >= 0.6 is 0 Å². The first kappa shape index (κ1) is 21.9. The van der Waals surface area contributed by atoms with Gasteiger partial charge in [-0.1, -0.05) is 54.9 Å². The van der Waals surface area contributed by atoms with Gasteiger partial charge in [0.25, 0.3) is 0 Å². The van der Waals surface area contributed by atoms with E-state index in [0.29, 0.717) is 18.4 Å². The molecule has 0 amide bonds. The predicted molar refractivity (Wildman–Crippen MR) is 110 cm³/mol. The van der Waals surface area contributed by atoms with Crippen LogP contribution in [0.15, 0.2) is 0 Å². The fraction of sp³-hybridized carbons (Fsp3) is 0.955. The molecular weight excluding hydrogens is 338 g/mol. The molecule has 0 aromatic heterocycles. The van der Waals surface area contributed by atoms with Crippen LogP contribution in [-0.4, -0.2) is 25.6 Å². The lowest BCUT2D eigenvalue weighted by Crippen LogP contribution is -2.47. The quantitative estimate of drug-likeness (QED) is 0.489. The average molecular weight is 380 g/mol. The highest BCUT2D eigenvalue weighted by molar-refractivity contribution is 6.74. The number of hydrogen-bond donors (Lipinski definition) is 1. The van der Waals surface area contributed by atoms with E-state index in [4.69, 9.17) is 4.43 Å². The van der Waals surface area contributed by atoms with Crippen LogP contribution in [0.2, 0.25) is 18.1 Å². The van der Waals surface area contributed by atoms with Gasteiger partial charge in [0.1, 0.15) is 6.10 Å². The zero-order chi connectivity index (χ0) is 20.2. The average Bonchev–Trinajstić information content (AvgIpc) is 2.56. The molecule has 0 spiro atoms. The fourth-order valence-corrected chi connectivity index (χ4v) is 7.10. The number of aliphatic hydroxyl groups excluding tert-OH is 1. The minimum atomic E-state index is -1.83. The molecule has 2 fully saturated rings. The normalized spacial score (nSPS) is 38.5. The van der Waals surface area contributed by atoms with E-state index in [1.807, 2.05) is 0 Å². The Hall–Kier alpha value is -0.373. The second-order valence-corrected chi connectivity index (χ2v) is 16.3. The molecular formula is C22H41NO2Si. The number of aliphatic hydroxyl groups is 1. The molecule has 5 atom stereocenters. The predicted octanol–water partition coefficient (Wildman–Crippen LogP) is 5.89. The van der Waals surface area contributed by atoms with Gasteiger partial charge in [0.05, 0.1) is 6.07 Å². The lowest BCUT2D eigenvalue weighted by Gasteiger charge is -2.49. The Kier molecular flexibility index (Phi) is 5.57. The lowest BCUT2D eigenvalue weighted by molar-refractivity contribution is -0.0230. The van der Waals surface area contributed by atoms with Gasteiger partial charge in [-0.2, -0.15) is 5.26 Å². The standard InChI is InChI=1S/C22H41NO2Si/c1-19(2,3)26(8,9)25-18-11-10-12-22(7)20(4,5)17(18)14-21(22,6)13-16(24)15-23/h16-18,24H,10-14H2,1-9H3/t16?,17-,18+,21+,22+/m0/s1. The van der Waals surface area contributed by atoms with Gasteiger partial charge < -0.3 is 9.53 Å². The van der Waals surface area contributed by atoms with Crippen LogP contribution in [0.3, 0.4) is 0 Å². The van der Waals surface area contributed by atoms with Gasteiger partial charge in [0.2, 0.25) is 0 Å². The molecule has 1 N–H and O–H groups in total. The smallest absolute Gasteiger partial charge is 0.192 e. The van der Waals surface area contributed by atoms with Crippen molar-refractivity contribution in [2.75, 3.05) is 0 Å². The van der Waals surface area contributed by atoms with Crippen LogP contribution in [0.25, 0.3) is 0 Å². The summed E-state index contributed by atoms with van der Waals surface area (Å²) in [5, 5.41) is 19.5. The Morgan fingerprint density at radius 1 is 1.23 bits per heavy atom. The van der Waals surface area contributed by atoms with E-state index in [2.05, 4.69) is 67.6 Å². The summed E-state index contributed by atoms with van der Waals surface area (Å²) in [7, 11) is -1.83. The van der Waals surface area contributed by atoms with E-state index in [0.717, 1.165) is 19.3 Å². The molecule has 0 radical (unpaired) electrons. The third kappa shape index (κ3) is 3.29. The van der Waals surface area contributed by atoms with Gasteiger partial charge in [0.15, 0.2) is 8.32 Å². The van der Waals surface area contributed by atoms with Crippen molar-refractivity contribution < 1.29 is 9.53 Å². The summed E-state index contributed by atoms with van der Waals surface area (Å²) in [5.74, 6) is 0.486. The topological polar surface area (TPSA) is 53.2 Å². The second kappa shape index (κ2) is 6.60. The lowest BCUT2D eigenvalue weighted by atomic mass is 9.55. The van der Waals surface area contributed by atoms with Gasteiger partial charge in [-0.25, -0.2) is 0 Å². The number of nitrogens with zero attached hydrogens (tertiary/aromatic N) is 1. The van der Waals surface area contributed by atoms with E-state index in [1.165, 1.54) is 6.42 Å². The molecule has 150 valence electrons. The van der Waals surface area contributed by atoms with Crippen LogP contribution in [0.1, 0.15) is 80.6 Å². The Morgan fingerprint density at radius 2 is 1.81 bits per heavy atom. The van der Waals surface area contributed by atoms with Crippen molar-refractivity contribution in [2.45, 2.75) is 111 Å². The summed E-state index contributed by atoms with van der Waals surface area (Å²) in [5.41, 5.74) is 0.236. The summed E-state index contributed by atoms with van der Waals surface area (Å²) in [6.45, 7) is 21.2. The summed E-state index contributed by atoms with van der Waals surface area (Å²) in [4.78, 5) is 0. The highest BCUT2D eigenvalue weighted by Crippen LogP contribution is 2.71. The summed E-state index contributed by atoms with van der Waals surface area (Å²) < 4.78 is 6.97. The van der Waals surface area contributed by atoms with Crippen molar-refractivity contribution in [3.63, 3.8) is 0 Å². The van der Waals surface area contributed by atoms with Gasteiger partial charge in [0, 0.05) is 6.10 Å². The molecule has 0 aliphatic heterocycles. The Balaban J connectivity index is 2.39. The minimum Gasteiger partial charge on any atom is -0.414 e. The first-order chi connectivity index (χ1) is 11.6.